The van der Waals surface area contributed by atoms with Crippen molar-refractivity contribution in [3.63, 3.8) is 0 Å². The Kier molecular flexibility index (Phi) is 5.47. The molecule has 8 heteroatoms. The van der Waals surface area contributed by atoms with Crippen LogP contribution in [0.2, 0.25) is 0 Å². The Morgan fingerprint density at radius 2 is 1.97 bits per heavy atom. The molecule has 4 rings (SSSR count). The second-order valence-corrected chi connectivity index (χ2v) is 6.51. The second-order valence-electron chi connectivity index (χ2n) is 6.51. The number of halogens is 1. The number of nitrogens with zero attached hydrogens (tertiary/aromatic N) is 3. The molecular formula is C22H18FN5O2. The summed E-state index contributed by atoms with van der Waals surface area (Å²) in [6, 6.07) is 15.3. The molecule has 2 heterocycles. The molecule has 0 saturated carbocycles. The average molecular weight is 403 g/mol. The van der Waals surface area contributed by atoms with Crippen LogP contribution in [0.4, 0.5) is 21.6 Å². The first-order valence-corrected chi connectivity index (χ1v) is 9.20. The molecule has 0 aliphatic heterocycles. The van der Waals surface area contributed by atoms with Crippen molar-refractivity contribution in [2.24, 2.45) is 0 Å². The van der Waals surface area contributed by atoms with Gasteiger partial charge in [0.1, 0.15) is 30.3 Å². The Morgan fingerprint density at radius 3 is 2.73 bits per heavy atom. The summed E-state index contributed by atoms with van der Waals surface area (Å²) >= 11 is 0. The average Bonchev–Trinajstić information content (AvgIpc) is 2.74. The summed E-state index contributed by atoms with van der Waals surface area (Å²) in [5.41, 5.74) is 2.26. The third-order valence-electron chi connectivity index (χ3n) is 4.26. The van der Waals surface area contributed by atoms with E-state index in [0.29, 0.717) is 28.2 Å². The van der Waals surface area contributed by atoms with E-state index in [1.54, 1.807) is 36.5 Å². The Bertz CT molecular complexity index is 1200. The van der Waals surface area contributed by atoms with Gasteiger partial charge in [-0.3, -0.25) is 9.78 Å². The van der Waals surface area contributed by atoms with Crippen molar-refractivity contribution in [2.45, 2.75) is 13.5 Å². The highest BCUT2D eigenvalue weighted by Gasteiger charge is 2.10. The fraction of sp³-hybridized carbons (Fsp3) is 0.0909. The Hall–Kier alpha value is -4.07. The summed E-state index contributed by atoms with van der Waals surface area (Å²) in [6.07, 6.45) is 3.07. The van der Waals surface area contributed by atoms with Crippen molar-refractivity contribution in [1.29, 1.82) is 0 Å². The minimum atomic E-state index is -0.488. The number of pyridine rings is 1. The van der Waals surface area contributed by atoms with Crippen LogP contribution >= 0.6 is 0 Å². The zero-order valence-electron chi connectivity index (χ0n) is 16.1. The third kappa shape index (κ3) is 4.49. The smallest absolute Gasteiger partial charge is 0.221 e. The number of nitrogens with one attached hydrogen (secondary N) is 2. The zero-order valence-corrected chi connectivity index (χ0v) is 16.1. The van der Waals surface area contributed by atoms with Gasteiger partial charge >= 0.3 is 0 Å². The van der Waals surface area contributed by atoms with Gasteiger partial charge in [0, 0.05) is 30.3 Å². The first-order chi connectivity index (χ1) is 14.6. The summed E-state index contributed by atoms with van der Waals surface area (Å²) in [7, 11) is 0. The predicted molar refractivity (Wildman–Crippen MR) is 112 cm³/mol. The van der Waals surface area contributed by atoms with Crippen LogP contribution in [-0.2, 0) is 11.4 Å². The van der Waals surface area contributed by atoms with Gasteiger partial charge in [-0.15, -0.1) is 0 Å². The molecule has 30 heavy (non-hydrogen) atoms. The molecule has 0 radical (unpaired) electrons. The van der Waals surface area contributed by atoms with Crippen molar-refractivity contribution >= 4 is 34.0 Å². The molecule has 0 aliphatic carbocycles. The normalized spacial score (nSPS) is 10.6. The quantitative estimate of drug-likeness (QED) is 0.495. The summed E-state index contributed by atoms with van der Waals surface area (Å²) in [4.78, 5) is 23.9. The van der Waals surface area contributed by atoms with Crippen LogP contribution in [0.15, 0.2) is 67.1 Å². The third-order valence-corrected chi connectivity index (χ3v) is 4.26. The SMILES string of the molecule is CC(=O)Nc1ccc2ncnc(Nc3ccc(OCc4ccccn4)cc3F)c2c1. The van der Waals surface area contributed by atoms with Gasteiger partial charge in [-0.25, -0.2) is 14.4 Å². The first kappa shape index (κ1) is 19.3. The fourth-order valence-corrected chi connectivity index (χ4v) is 2.89. The van der Waals surface area contributed by atoms with E-state index in [1.807, 2.05) is 18.2 Å². The molecule has 7 nitrogen and oxygen atoms in total. The summed E-state index contributed by atoms with van der Waals surface area (Å²) in [5.74, 6) is 0.142. The number of ether oxygens (including phenoxy) is 1. The number of amides is 1. The van der Waals surface area contributed by atoms with Gasteiger partial charge in [0.2, 0.25) is 5.91 Å². The number of fused-ring (bicyclic) bond motifs is 1. The molecular weight excluding hydrogens is 385 g/mol. The van der Waals surface area contributed by atoms with Crippen LogP contribution in [0.5, 0.6) is 5.75 Å². The van der Waals surface area contributed by atoms with Crippen molar-refractivity contribution in [3.8, 4) is 5.75 Å². The van der Waals surface area contributed by atoms with Gasteiger partial charge in [-0.1, -0.05) is 6.07 Å². The monoisotopic (exact) mass is 403 g/mol. The van der Waals surface area contributed by atoms with Crippen LogP contribution in [0.25, 0.3) is 10.9 Å². The largest absolute Gasteiger partial charge is 0.487 e. The number of benzene rings is 2. The minimum Gasteiger partial charge on any atom is -0.487 e. The second kappa shape index (κ2) is 8.52. The van der Waals surface area contributed by atoms with Crippen LogP contribution in [0.3, 0.4) is 0 Å². The number of carbonyl (C=O) groups excluding carboxylic acids is 1. The van der Waals surface area contributed by atoms with Gasteiger partial charge < -0.3 is 15.4 Å². The molecule has 0 unspecified atom stereocenters. The van der Waals surface area contributed by atoms with E-state index < -0.39 is 5.82 Å². The maximum atomic E-state index is 14.7. The number of aromatic nitrogens is 3. The van der Waals surface area contributed by atoms with Gasteiger partial charge in [-0.2, -0.15) is 0 Å². The highest BCUT2D eigenvalue weighted by molar-refractivity contribution is 5.96. The van der Waals surface area contributed by atoms with Gasteiger partial charge in [0.15, 0.2) is 0 Å². The highest BCUT2D eigenvalue weighted by atomic mass is 19.1. The molecule has 0 saturated heterocycles. The minimum absolute atomic E-state index is 0.187. The van der Waals surface area contributed by atoms with Crippen LogP contribution < -0.4 is 15.4 Å². The van der Waals surface area contributed by atoms with E-state index in [2.05, 4.69) is 25.6 Å². The standard InChI is InChI=1S/C22H18FN5O2/c1-14(29)27-15-5-7-20-18(10-15)22(26-13-25-20)28-21-8-6-17(11-19(21)23)30-12-16-4-2-3-9-24-16/h2-11,13H,12H2,1H3,(H,27,29)(H,25,26,28). The van der Waals surface area contributed by atoms with Crippen LogP contribution in [0.1, 0.15) is 12.6 Å². The highest BCUT2D eigenvalue weighted by Crippen LogP contribution is 2.28. The molecule has 4 aromatic rings. The van der Waals surface area contributed by atoms with Crippen molar-refractivity contribution < 1.29 is 13.9 Å². The van der Waals surface area contributed by atoms with E-state index in [4.69, 9.17) is 4.74 Å². The van der Waals surface area contributed by atoms with Crippen molar-refractivity contribution in [2.75, 3.05) is 10.6 Å². The Morgan fingerprint density at radius 1 is 1.07 bits per heavy atom. The fourth-order valence-electron chi connectivity index (χ4n) is 2.89. The van der Waals surface area contributed by atoms with Crippen molar-refractivity contribution in [3.05, 3.63) is 78.6 Å². The predicted octanol–water partition coefficient (Wildman–Crippen LogP) is 4.44. The van der Waals surface area contributed by atoms with Gasteiger partial charge in [0.05, 0.1) is 16.9 Å². The molecule has 0 fully saturated rings. The molecule has 0 bridgehead atoms. The molecule has 0 spiro atoms. The number of hydrogen-bond acceptors (Lipinski definition) is 6. The van der Waals surface area contributed by atoms with Crippen LogP contribution in [-0.4, -0.2) is 20.9 Å². The van der Waals surface area contributed by atoms with E-state index in [9.17, 15) is 9.18 Å². The van der Waals surface area contributed by atoms with E-state index in [1.165, 1.54) is 19.3 Å². The Labute approximate surface area is 172 Å². The van der Waals surface area contributed by atoms with E-state index >= 15 is 0 Å². The lowest BCUT2D eigenvalue weighted by atomic mass is 10.2. The number of rotatable bonds is 6. The molecule has 1 amide bonds. The van der Waals surface area contributed by atoms with Gasteiger partial charge in [-0.05, 0) is 42.5 Å². The van der Waals surface area contributed by atoms with E-state index in [0.717, 1.165) is 5.69 Å². The number of anilines is 3. The number of carbonyl (C=O) groups is 1. The van der Waals surface area contributed by atoms with Crippen molar-refractivity contribution in [1.82, 2.24) is 15.0 Å². The van der Waals surface area contributed by atoms with Crippen LogP contribution in [0, 0.1) is 5.82 Å². The number of hydrogen-bond donors (Lipinski definition) is 2. The molecule has 2 aromatic carbocycles. The maximum Gasteiger partial charge on any atom is 0.221 e. The first-order valence-electron chi connectivity index (χ1n) is 9.20. The van der Waals surface area contributed by atoms with E-state index in [-0.39, 0.29) is 18.2 Å². The lowest BCUT2D eigenvalue weighted by molar-refractivity contribution is -0.114. The molecule has 2 aromatic heterocycles. The zero-order chi connectivity index (χ0) is 20.9. The molecule has 2 N–H and O–H groups in total. The molecule has 0 atom stereocenters. The molecule has 150 valence electrons. The lowest BCUT2D eigenvalue weighted by Gasteiger charge is -2.12. The molecule has 0 aliphatic rings. The maximum absolute atomic E-state index is 14.7. The lowest BCUT2D eigenvalue weighted by Crippen LogP contribution is -2.06. The Balaban J connectivity index is 1.55. The summed E-state index contributed by atoms with van der Waals surface area (Å²) < 4.78 is 20.3. The van der Waals surface area contributed by atoms with Gasteiger partial charge in [0.25, 0.3) is 0 Å². The summed E-state index contributed by atoms with van der Waals surface area (Å²) in [6.45, 7) is 1.67. The topological polar surface area (TPSA) is 89.0 Å². The summed E-state index contributed by atoms with van der Waals surface area (Å²) in [5, 5.41) is 6.36.